The predicted molar refractivity (Wildman–Crippen MR) is 147 cm³/mol. The molecule has 2 atom stereocenters. The average Bonchev–Trinajstić information content (AvgIpc) is 2.86. The summed E-state index contributed by atoms with van der Waals surface area (Å²) < 4.78 is 0. The number of hydrogen-bond donors (Lipinski definition) is 1. The van der Waals surface area contributed by atoms with Gasteiger partial charge in [0, 0.05) is 38.0 Å². The predicted octanol–water partition coefficient (Wildman–Crippen LogP) is 4.15. The Morgan fingerprint density at radius 2 is 2.09 bits per heavy atom. The summed E-state index contributed by atoms with van der Waals surface area (Å²) in [6.07, 6.45) is 21.4. The standard InChI is InChI=1S/C29H41N5O/c1-5-20-34(4)31-19-18-24(30-3)14-8-7-13-23-21-28(32-27-17-11-9-15-25(23)27)29(35)33-26-16-10-6-12-22(26)2/h7-8,14-15,17,19,21-22,26H,3,5-6,9-13,16,18,20H2,1-2,4H3,(H,33,35)/b8-7+,24-14-,31-19-/t22?,26-/m0/s1. The van der Waals surface area contributed by atoms with Crippen LogP contribution in [0.15, 0.2) is 40.1 Å². The van der Waals surface area contributed by atoms with Gasteiger partial charge >= 0.3 is 0 Å². The molecule has 1 amide bonds. The highest BCUT2D eigenvalue weighted by atomic mass is 16.1. The van der Waals surface area contributed by atoms with Crippen LogP contribution < -0.4 is 15.9 Å². The summed E-state index contributed by atoms with van der Waals surface area (Å²) >= 11 is 0. The monoisotopic (exact) mass is 475 g/mol. The molecule has 35 heavy (non-hydrogen) atoms. The summed E-state index contributed by atoms with van der Waals surface area (Å²) in [7, 11) is 1.97. The van der Waals surface area contributed by atoms with Gasteiger partial charge in [-0.25, -0.2) is 4.98 Å². The van der Waals surface area contributed by atoms with Crippen LogP contribution in [0.4, 0.5) is 0 Å². The molecule has 3 rings (SSSR count). The number of carbonyl (C=O) groups excluding carboxylic acids is 1. The smallest absolute Gasteiger partial charge is 0.270 e. The number of hydrogen-bond acceptors (Lipinski definition) is 5. The fraction of sp³-hybridized carbons (Fsp3) is 0.517. The van der Waals surface area contributed by atoms with E-state index in [1.54, 1.807) is 0 Å². The minimum atomic E-state index is -0.0545. The van der Waals surface area contributed by atoms with Crippen molar-refractivity contribution in [1.82, 2.24) is 15.3 Å². The summed E-state index contributed by atoms with van der Waals surface area (Å²) in [6, 6.07) is 2.21. The lowest BCUT2D eigenvalue weighted by atomic mass is 9.86. The molecule has 0 aliphatic heterocycles. The highest BCUT2D eigenvalue weighted by molar-refractivity contribution is 5.92. The van der Waals surface area contributed by atoms with Gasteiger partial charge in [0.05, 0.1) is 5.35 Å². The number of nitrogens with one attached hydrogen (secondary N) is 1. The van der Waals surface area contributed by atoms with Gasteiger partial charge in [-0.05, 0) is 74.1 Å². The third-order valence-corrected chi connectivity index (χ3v) is 6.78. The topological polar surface area (TPSA) is 70.0 Å². The Kier molecular flexibility index (Phi) is 10.5. The van der Waals surface area contributed by atoms with E-state index in [2.05, 4.69) is 54.2 Å². The van der Waals surface area contributed by atoms with E-state index in [1.807, 2.05) is 36.5 Å². The van der Waals surface area contributed by atoms with Crippen LogP contribution in [0, 0.1) is 5.92 Å². The van der Waals surface area contributed by atoms with Crippen molar-refractivity contribution >= 4 is 31.0 Å². The maximum atomic E-state index is 13.1. The zero-order valence-corrected chi connectivity index (χ0v) is 21.7. The van der Waals surface area contributed by atoms with Gasteiger partial charge in [-0.2, -0.15) is 5.10 Å². The Morgan fingerprint density at radius 1 is 1.29 bits per heavy atom. The molecule has 1 N–H and O–H groups in total. The van der Waals surface area contributed by atoms with Crippen LogP contribution in [0.1, 0.15) is 81.3 Å². The molecule has 0 spiro atoms. The molecule has 0 bridgehead atoms. The molecule has 1 aromatic rings. The van der Waals surface area contributed by atoms with Gasteiger partial charge in [0.2, 0.25) is 0 Å². The fourth-order valence-electron chi connectivity index (χ4n) is 4.74. The first-order valence-corrected chi connectivity index (χ1v) is 13.1. The third-order valence-electron chi connectivity index (χ3n) is 6.78. The average molecular weight is 476 g/mol. The summed E-state index contributed by atoms with van der Waals surface area (Å²) in [5, 5.41) is 11.7. The molecule has 1 saturated carbocycles. The number of nitrogens with zero attached hydrogens (tertiary/aromatic N) is 4. The maximum absolute atomic E-state index is 13.1. The molecular formula is C29H41N5O. The lowest BCUT2D eigenvalue weighted by molar-refractivity contribution is 0.0905. The normalized spacial score (nSPS) is 20.3. The van der Waals surface area contributed by atoms with Gasteiger partial charge in [-0.3, -0.25) is 9.79 Å². The number of hydrazone groups is 1. The summed E-state index contributed by atoms with van der Waals surface area (Å²) in [4.78, 5) is 21.9. The van der Waals surface area contributed by atoms with Crippen LogP contribution in [0.5, 0.6) is 0 Å². The Hall–Kier alpha value is -3.02. The fourth-order valence-corrected chi connectivity index (χ4v) is 4.74. The molecule has 1 fully saturated rings. The minimum Gasteiger partial charge on any atom is -0.348 e. The summed E-state index contributed by atoms with van der Waals surface area (Å²) in [5.74, 6) is 0.463. The molecule has 2 aliphatic rings. The Labute approximate surface area is 210 Å². The van der Waals surface area contributed by atoms with Crippen LogP contribution in [0.2, 0.25) is 0 Å². The largest absolute Gasteiger partial charge is 0.348 e. The van der Waals surface area contributed by atoms with Gasteiger partial charge in [-0.1, -0.05) is 51.0 Å². The van der Waals surface area contributed by atoms with Crippen molar-refractivity contribution in [2.45, 2.75) is 77.7 Å². The number of aliphatic imine (C=N–C) groups is 1. The van der Waals surface area contributed by atoms with Crippen molar-refractivity contribution in [3.05, 3.63) is 51.8 Å². The molecule has 0 radical (unpaired) electrons. The van der Waals surface area contributed by atoms with Crippen molar-refractivity contribution < 1.29 is 4.79 Å². The van der Waals surface area contributed by atoms with Crippen molar-refractivity contribution in [1.29, 1.82) is 0 Å². The van der Waals surface area contributed by atoms with E-state index in [4.69, 9.17) is 4.98 Å². The number of fused-ring (bicyclic) bond motifs is 1. The first-order chi connectivity index (χ1) is 17.0. The first kappa shape index (κ1) is 26.6. The highest BCUT2D eigenvalue weighted by Crippen LogP contribution is 2.23. The van der Waals surface area contributed by atoms with E-state index in [0.717, 1.165) is 60.5 Å². The molecule has 0 saturated heterocycles. The van der Waals surface area contributed by atoms with E-state index in [0.29, 0.717) is 18.0 Å². The molecule has 1 unspecified atom stereocenters. The van der Waals surface area contributed by atoms with Gasteiger partial charge in [0.15, 0.2) is 0 Å². The lowest BCUT2D eigenvalue weighted by Gasteiger charge is -2.29. The van der Waals surface area contributed by atoms with Crippen LogP contribution in [-0.4, -0.2) is 48.5 Å². The third kappa shape index (κ3) is 8.01. The van der Waals surface area contributed by atoms with E-state index < -0.39 is 0 Å². The van der Waals surface area contributed by atoms with Crippen molar-refractivity contribution in [3.8, 4) is 0 Å². The molecule has 6 heteroatoms. The van der Waals surface area contributed by atoms with E-state index in [1.165, 1.54) is 19.3 Å². The molecule has 188 valence electrons. The molecule has 1 heterocycles. The van der Waals surface area contributed by atoms with E-state index >= 15 is 0 Å². The van der Waals surface area contributed by atoms with Crippen LogP contribution >= 0.6 is 0 Å². The lowest BCUT2D eigenvalue weighted by Crippen LogP contribution is -2.43. The van der Waals surface area contributed by atoms with Crippen molar-refractivity contribution in [3.63, 3.8) is 0 Å². The van der Waals surface area contributed by atoms with Gasteiger partial charge in [0.25, 0.3) is 5.91 Å². The zero-order valence-electron chi connectivity index (χ0n) is 21.7. The molecular weight excluding hydrogens is 434 g/mol. The Morgan fingerprint density at radius 3 is 2.86 bits per heavy atom. The van der Waals surface area contributed by atoms with E-state index in [9.17, 15) is 4.79 Å². The van der Waals surface area contributed by atoms with Crippen LogP contribution in [-0.2, 0) is 6.42 Å². The second-order valence-electron chi connectivity index (χ2n) is 9.62. The van der Waals surface area contributed by atoms with Gasteiger partial charge in [-0.15, -0.1) is 0 Å². The van der Waals surface area contributed by atoms with Crippen LogP contribution in [0.3, 0.4) is 0 Å². The molecule has 1 aromatic heterocycles. The second-order valence-corrected chi connectivity index (χ2v) is 9.62. The Bertz CT molecular complexity index is 1090. The molecule has 0 aromatic carbocycles. The number of amides is 1. The minimum absolute atomic E-state index is 0.0545. The second kappa shape index (κ2) is 13.8. The number of aromatic nitrogens is 1. The number of rotatable bonds is 11. The SMILES string of the molecule is C=N/C(=C\C=C\Cc1cc(C(=O)N[C@H]2CCCCC2C)nc2c1=CCCC=2)C/C=N\N(C)CCC. The summed E-state index contributed by atoms with van der Waals surface area (Å²) in [5.41, 5.74) is 2.52. The van der Waals surface area contributed by atoms with E-state index in [-0.39, 0.29) is 11.9 Å². The molecule has 6 nitrogen and oxygen atoms in total. The number of carbonyl (C=O) groups is 1. The Balaban J connectivity index is 1.71. The number of pyridine rings is 1. The summed E-state index contributed by atoms with van der Waals surface area (Å²) in [6.45, 7) is 8.99. The zero-order chi connectivity index (χ0) is 25.0. The highest BCUT2D eigenvalue weighted by Gasteiger charge is 2.24. The number of allylic oxidation sites excluding steroid dienone is 4. The van der Waals surface area contributed by atoms with Crippen molar-refractivity contribution in [2.75, 3.05) is 13.6 Å². The quantitative estimate of drug-likeness (QED) is 0.297. The van der Waals surface area contributed by atoms with Gasteiger partial charge < -0.3 is 10.3 Å². The van der Waals surface area contributed by atoms with Gasteiger partial charge in [0.1, 0.15) is 5.69 Å². The van der Waals surface area contributed by atoms with Crippen molar-refractivity contribution in [2.24, 2.45) is 16.0 Å². The van der Waals surface area contributed by atoms with Crippen LogP contribution in [0.25, 0.3) is 12.2 Å². The molecule has 2 aliphatic carbocycles. The first-order valence-electron chi connectivity index (χ1n) is 13.1. The maximum Gasteiger partial charge on any atom is 0.270 e.